The largest absolute Gasteiger partial charge is 0.389 e. The maximum Gasteiger partial charge on any atom is 0.0761 e. The summed E-state index contributed by atoms with van der Waals surface area (Å²) in [5, 5.41) is 9.58. The number of aliphatic hydroxyl groups is 1. The summed E-state index contributed by atoms with van der Waals surface area (Å²) >= 11 is 0. The highest BCUT2D eigenvalue weighted by molar-refractivity contribution is 5.49. The van der Waals surface area contributed by atoms with E-state index in [1.54, 1.807) is 6.92 Å². The van der Waals surface area contributed by atoms with Gasteiger partial charge in [0.25, 0.3) is 0 Å². The normalized spacial score (nSPS) is 12.4. The first-order valence-corrected chi connectivity index (χ1v) is 7.16. The number of aliphatic hydroxyl groups excluding tert-OH is 1. The highest BCUT2D eigenvalue weighted by Gasteiger charge is 2.11. The van der Waals surface area contributed by atoms with Crippen molar-refractivity contribution in [1.82, 2.24) is 0 Å². The Morgan fingerprint density at radius 2 is 1.50 bits per heavy atom. The maximum absolute atomic E-state index is 9.58. The second-order valence-electron chi connectivity index (χ2n) is 5.47. The van der Waals surface area contributed by atoms with E-state index < -0.39 is 6.10 Å². The minimum absolute atomic E-state index is 0.411. The van der Waals surface area contributed by atoms with Gasteiger partial charge in [-0.25, -0.2) is 0 Å². The minimum Gasteiger partial charge on any atom is -0.389 e. The molecule has 0 radical (unpaired) electrons. The number of anilines is 1. The molecule has 0 fully saturated rings. The van der Waals surface area contributed by atoms with Gasteiger partial charge in [0.05, 0.1) is 6.10 Å². The van der Waals surface area contributed by atoms with Gasteiger partial charge < -0.3 is 10.0 Å². The molecule has 0 aliphatic rings. The standard InChI is InChI=1S/C18H23NO/c1-14(2)19(13-16-7-5-4-6-8-16)18-11-9-17(10-12-18)15(3)20/h4-12,14-15,20H,13H2,1-3H3/t15-/m0/s1. The van der Waals surface area contributed by atoms with Crippen molar-refractivity contribution < 1.29 is 5.11 Å². The lowest BCUT2D eigenvalue weighted by Gasteiger charge is -2.29. The van der Waals surface area contributed by atoms with Gasteiger partial charge in [-0.15, -0.1) is 0 Å². The van der Waals surface area contributed by atoms with E-state index in [0.717, 1.165) is 12.1 Å². The highest BCUT2D eigenvalue weighted by atomic mass is 16.3. The lowest BCUT2D eigenvalue weighted by molar-refractivity contribution is 0.199. The second kappa shape index (κ2) is 6.58. The van der Waals surface area contributed by atoms with E-state index in [-0.39, 0.29) is 0 Å². The quantitative estimate of drug-likeness (QED) is 0.881. The summed E-state index contributed by atoms with van der Waals surface area (Å²) < 4.78 is 0. The van der Waals surface area contributed by atoms with Gasteiger partial charge >= 0.3 is 0 Å². The van der Waals surface area contributed by atoms with Gasteiger partial charge in [0.1, 0.15) is 0 Å². The monoisotopic (exact) mass is 269 g/mol. The topological polar surface area (TPSA) is 23.5 Å². The number of rotatable bonds is 5. The maximum atomic E-state index is 9.58. The van der Waals surface area contributed by atoms with Crippen molar-refractivity contribution in [3.05, 3.63) is 65.7 Å². The van der Waals surface area contributed by atoms with Crippen molar-refractivity contribution in [1.29, 1.82) is 0 Å². The van der Waals surface area contributed by atoms with E-state index in [1.807, 2.05) is 18.2 Å². The number of nitrogens with zero attached hydrogens (tertiary/aromatic N) is 1. The van der Waals surface area contributed by atoms with Crippen molar-refractivity contribution >= 4 is 5.69 Å². The number of hydrogen-bond donors (Lipinski definition) is 1. The molecule has 0 heterocycles. The first-order chi connectivity index (χ1) is 9.58. The first kappa shape index (κ1) is 14.6. The average Bonchev–Trinajstić information content (AvgIpc) is 2.45. The molecule has 2 rings (SSSR count). The van der Waals surface area contributed by atoms with Gasteiger partial charge in [-0.05, 0) is 44.0 Å². The molecule has 2 aromatic carbocycles. The molecule has 1 N–H and O–H groups in total. The van der Waals surface area contributed by atoms with Crippen LogP contribution >= 0.6 is 0 Å². The molecule has 0 saturated heterocycles. The molecule has 0 bridgehead atoms. The Labute approximate surface area is 121 Å². The van der Waals surface area contributed by atoms with Crippen LogP contribution in [-0.2, 0) is 6.54 Å². The van der Waals surface area contributed by atoms with E-state index in [0.29, 0.717) is 6.04 Å². The van der Waals surface area contributed by atoms with Crippen molar-refractivity contribution in [3.8, 4) is 0 Å². The van der Waals surface area contributed by atoms with Crippen LogP contribution in [0.2, 0.25) is 0 Å². The molecule has 0 amide bonds. The molecule has 20 heavy (non-hydrogen) atoms. The molecule has 0 aliphatic carbocycles. The predicted octanol–water partition coefficient (Wildman–Crippen LogP) is 4.15. The predicted molar refractivity (Wildman–Crippen MR) is 84.8 cm³/mol. The van der Waals surface area contributed by atoms with Gasteiger partial charge in [-0.3, -0.25) is 0 Å². The molecular weight excluding hydrogens is 246 g/mol. The van der Waals surface area contributed by atoms with Crippen molar-refractivity contribution in [2.24, 2.45) is 0 Å². The van der Waals surface area contributed by atoms with E-state index >= 15 is 0 Å². The average molecular weight is 269 g/mol. The zero-order valence-corrected chi connectivity index (χ0v) is 12.5. The summed E-state index contributed by atoms with van der Waals surface area (Å²) in [4.78, 5) is 2.36. The molecular formula is C18H23NO. The molecule has 1 atom stereocenters. The Morgan fingerprint density at radius 3 is 2.00 bits per heavy atom. The van der Waals surface area contributed by atoms with Crippen LogP contribution in [0.3, 0.4) is 0 Å². The van der Waals surface area contributed by atoms with E-state index in [4.69, 9.17) is 0 Å². The van der Waals surface area contributed by atoms with Gasteiger partial charge in [-0.1, -0.05) is 42.5 Å². The molecule has 0 saturated carbocycles. The summed E-state index contributed by atoms with van der Waals surface area (Å²) in [5.74, 6) is 0. The Morgan fingerprint density at radius 1 is 0.900 bits per heavy atom. The molecule has 0 aromatic heterocycles. The minimum atomic E-state index is -0.411. The number of benzene rings is 2. The van der Waals surface area contributed by atoms with Crippen molar-refractivity contribution in [2.75, 3.05) is 4.90 Å². The third-order valence-corrected chi connectivity index (χ3v) is 3.53. The van der Waals surface area contributed by atoms with Crippen LogP contribution in [0.5, 0.6) is 0 Å². The summed E-state index contributed by atoms with van der Waals surface area (Å²) in [6, 6.07) is 19.1. The molecule has 106 valence electrons. The van der Waals surface area contributed by atoms with Crippen LogP contribution in [0, 0.1) is 0 Å². The van der Waals surface area contributed by atoms with Crippen molar-refractivity contribution in [3.63, 3.8) is 0 Å². The van der Waals surface area contributed by atoms with Gasteiger partial charge in [-0.2, -0.15) is 0 Å². The first-order valence-electron chi connectivity index (χ1n) is 7.16. The Kier molecular flexibility index (Phi) is 4.80. The van der Waals surface area contributed by atoms with E-state index in [1.165, 1.54) is 11.3 Å². The Balaban J connectivity index is 2.20. The SMILES string of the molecule is CC(C)N(Cc1ccccc1)c1ccc([C@H](C)O)cc1. The zero-order valence-electron chi connectivity index (χ0n) is 12.5. The second-order valence-corrected chi connectivity index (χ2v) is 5.47. The zero-order chi connectivity index (χ0) is 14.5. The van der Waals surface area contributed by atoms with Crippen LogP contribution in [0.1, 0.15) is 38.0 Å². The van der Waals surface area contributed by atoms with E-state index in [9.17, 15) is 5.11 Å². The van der Waals surface area contributed by atoms with Crippen molar-refractivity contribution in [2.45, 2.75) is 39.5 Å². The lowest BCUT2D eigenvalue weighted by Crippen LogP contribution is -2.30. The Bertz CT molecular complexity index is 517. The summed E-state index contributed by atoms with van der Waals surface area (Å²) in [6.07, 6.45) is -0.411. The van der Waals surface area contributed by atoms with Crippen LogP contribution in [0.15, 0.2) is 54.6 Å². The third kappa shape index (κ3) is 3.61. The highest BCUT2D eigenvalue weighted by Crippen LogP contribution is 2.22. The summed E-state index contributed by atoms with van der Waals surface area (Å²) in [5.41, 5.74) is 3.45. The lowest BCUT2D eigenvalue weighted by atomic mass is 10.1. The smallest absolute Gasteiger partial charge is 0.0761 e. The van der Waals surface area contributed by atoms with Crippen LogP contribution in [-0.4, -0.2) is 11.1 Å². The molecule has 0 unspecified atom stereocenters. The molecule has 0 aliphatic heterocycles. The molecule has 0 spiro atoms. The fourth-order valence-corrected chi connectivity index (χ4v) is 2.30. The van der Waals surface area contributed by atoms with Gasteiger partial charge in [0, 0.05) is 18.3 Å². The fraction of sp³-hybridized carbons (Fsp3) is 0.333. The van der Waals surface area contributed by atoms with Crippen LogP contribution < -0.4 is 4.90 Å². The molecule has 2 aromatic rings. The van der Waals surface area contributed by atoms with Crippen LogP contribution in [0.25, 0.3) is 0 Å². The van der Waals surface area contributed by atoms with Gasteiger partial charge in [0.15, 0.2) is 0 Å². The van der Waals surface area contributed by atoms with Crippen LogP contribution in [0.4, 0.5) is 5.69 Å². The summed E-state index contributed by atoms with van der Waals surface area (Å²) in [6.45, 7) is 7.09. The third-order valence-electron chi connectivity index (χ3n) is 3.53. The fourth-order valence-electron chi connectivity index (χ4n) is 2.30. The molecule has 2 nitrogen and oxygen atoms in total. The Hall–Kier alpha value is -1.80. The summed E-state index contributed by atoms with van der Waals surface area (Å²) in [7, 11) is 0. The molecule has 2 heteroatoms. The van der Waals surface area contributed by atoms with E-state index in [2.05, 4.69) is 55.1 Å². The van der Waals surface area contributed by atoms with Gasteiger partial charge in [0.2, 0.25) is 0 Å². The number of hydrogen-bond acceptors (Lipinski definition) is 2.